The molecule has 0 spiro atoms. The molecule has 0 unspecified atom stereocenters. The molecule has 0 bridgehead atoms. The van der Waals surface area contributed by atoms with E-state index < -0.39 is 0 Å². The zero-order valence-corrected chi connectivity index (χ0v) is 18.6. The molecule has 1 N–H and O–H groups in total. The fourth-order valence-electron chi connectivity index (χ4n) is 4.65. The quantitative estimate of drug-likeness (QED) is 0.493. The number of aryl methyl sites for hydroxylation is 2. The Kier molecular flexibility index (Phi) is 5.06. The summed E-state index contributed by atoms with van der Waals surface area (Å²) < 4.78 is 2.29. The van der Waals surface area contributed by atoms with Crippen LogP contribution in [-0.2, 0) is 25.9 Å². The number of nitrogens with one attached hydrogen (secondary N) is 1. The van der Waals surface area contributed by atoms with Crippen LogP contribution in [0, 0.1) is 0 Å². The number of aromatic nitrogens is 3. The van der Waals surface area contributed by atoms with Crippen molar-refractivity contribution in [3.63, 3.8) is 0 Å². The van der Waals surface area contributed by atoms with Crippen LogP contribution in [0.5, 0.6) is 0 Å². The van der Waals surface area contributed by atoms with Gasteiger partial charge in [0, 0.05) is 36.6 Å². The SMILES string of the molecule is O=C(NC1CC1)c1cc(N2CCc3c(ncn3CCc3ccccc3)C2)nc2ccccc12. The predicted octanol–water partition coefficient (Wildman–Crippen LogP) is 4.13. The Labute approximate surface area is 193 Å². The van der Waals surface area contributed by atoms with E-state index in [0.29, 0.717) is 18.2 Å². The smallest absolute Gasteiger partial charge is 0.252 e. The first-order valence-corrected chi connectivity index (χ1v) is 11.8. The van der Waals surface area contributed by atoms with Gasteiger partial charge in [-0.15, -0.1) is 0 Å². The molecule has 1 aliphatic heterocycles. The minimum absolute atomic E-state index is 0.000221. The molecule has 4 aromatic rings. The first kappa shape index (κ1) is 20.0. The molecule has 2 aliphatic rings. The van der Waals surface area contributed by atoms with Crippen molar-refractivity contribution in [2.45, 2.75) is 44.8 Å². The Morgan fingerprint density at radius 2 is 1.88 bits per heavy atom. The first-order valence-electron chi connectivity index (χ1n) is 11.8. The van der Waals surface area contributed by atoms with E-state index in [4.69, 9.17) is 9.97 Å². The highest BCUT2D eigenvalue weighted by molar-refractivity contribution is 6.07. The lowest BCUT2D eigenvalue weighted by Crippen LogP contribution is -2.32. The van der Waals surface area contributed by atoms with Gasteiger partial charge in [0.05, 0.1) is 29.6 Å². The molecule has 1 saturated carbocycles. The van der Waals surface area contributed by atoms with Crippen molar-refractivity contribution < 1.29 is 4.79 Å². The molecule has 0 saturated heterocycles. The van der Waals surface area contributed by atoms with Gasteiger partial charge in [0.15, 0.2) is 0 Å². The predicted molar refractivity (Wildman–Crippen MR) is 129 cm³/mol. The third-order valence-corrected chi connectivity index (χ3v) is 6.66. The van der Waals surface area contributed by atoms with Crippen LogP contribution in [0.4, 0.5) is 5.82 Å². The molecule has 6 nitrogen and oxygen atoms in total. The molecule has 1 fully saturated rings. The van der Waals surface area contributed by atoms with Gasteiger partial charge < -0.3 is 14.8 Å². The Balaban J connectivity index is 1.24. The zero-order valence-electron chi connectivity index (χ0n) is 18.6. The average Bonchev–Trinajstić information content (AvgIpc) is 3.59. The number of benzene rings is 2. The lowest BCUT2D eigenvalue weighted by Gasteiger charge is -2.29. The van der Waals surface area contributed by atoms with Crippen LogP contribution in [0.15, 0.2) is 67.0 Å². The molecular weight excluding hydrogens is 410 g/mol. The van der Waals surface area contributed by atoms with Crippen molar-refractivity contribution in [1.82, 2.24) is 19.9 Å². The molecule has 2 aromatic carbocycles. The molecule has 0 atom stereocenters. The van der Waals surface area contributed by atoms with E-state index in [1.807, 2.05) is 36.7 Å². The van der Waals surface area contributed by atoms with Crippen LogP contribution in [-0.4, -0.2) is 33.0 Å². The minimum atomic E-state index is 0.000221. The Bertz CT molecular complexity index is 1310. The molecule has 33 heavy (non-hydrogen) atoms. The molecule has 1 amide bonds. The van der Waals surface area contributed by atoms with E-state index in [2.05, 4.69) is 45.1 Å². The first-order chi connectivity index (χ1) is 16.2. The van der Waals surface area contributed by atoms with Crippen LogP contribution in [0.2, 0.25) is 0 Å². The van der Waals surface area contributed by atoms with Crippen LogP contribution in [0.1, 0.15) is 40.2 Å². The van der Waals surface area contributed by atoms with E-state index in [9.17, 15) is 4.79 Å². The topological polar surface area (TPSA) is 63.1 Å². The number of carbonyl (C=O) groups excluding carboxylic acids is 1. The van der Waals surface area contributed by atoms with Gasteiger partial charge in [-0.05, 0) is 37.0 Å². The van der Waals surface area contributed by atoms with Gasteiger partial charge in [-0.2, -0.15) is 0 Å². The van der Waals surface area contributed by atoms with E-state index in [1.54, 1.807) is 0 Å². The van der Waals surface area contributed by atoms with Crippen molar-refractivity contribution in [3.8, 4) is 0 Å². The van der Waals surface area contributed by atoms with E-state index in [0.717, 1.165) is 61.2 Å². The Morgan fingerprint density at radius 1 is 1.06 bits per heavy atom. The van der Waals surface area contributed by atoms with Crippen molar-refractivity contribution >= 4 is 22.6 Å². The van der Waals surface area contributed by atoms with Crippen molar-refractivity contribution in [3.05, 3.63) is 89.5 Å². The minimum Gasteiger partial charge on any atom is -0.350 e. The van der Waals surface area contributed by atoms with Gasteiger partial charge in [0.2, 0.25) is 0 Å². The Hall–Kier alpha value is -3.67. The summed E-state index contributed by atoms with van der Waals surface area (Å²) in [5.41, 5.74) is 5.33. The average molecular weight is 438 g/mol. The number of fused-ring (bicyclic) bond motifs is 2. The fraction of sp³-hybridized carbons (Fsp3) is 0.296. The van der Waals surface area contributed by atoms with Crippen LogP contribution < -0.4 is 10.2 Å². The molecular formula is C27H27N5O. The maximum Gasteiger partial charge on any atom is 0.252 e. The number of amides is 1. The zero-order chi connectivity index (χ0) is 22.2. The number of rotatable bonds is 6. The van der Waals surface area contributed by atoms with Gasteiger partial charge in [-0.25, -0.2) is 9.97 Å². The van der Waals surface area contributed by atoms with E-state index >= 15 is 0 Å². The summed E-state index contributed by atoms with van der Waals surface area (Å²) in [4.78, 5) is 24.8. The number of imidazole rings is 1. The lowest BCUT2D eigenvalue weighted by molar-refractivity contribution is 0.0952. The molecule has 3 heterocycles. The number of anilines is 1. The molecule has 6 rings (SSSR count). The largest absolute Gasteiger partial charge is 0.350 e. The summed E-state index contributed by atoms with van der Waals surface area (Å²) in [5.74, 6) is 0.847. The Morgan fingerprint density at radius 3 is 2.73 bits per heavy atom. The number of nitrogens with zero attached hydrogens (tertiary/aromatic N) is 4. The van der Waals surface area contributed by atoms with Crippen LogP contribution >= 0.6 is 0 Å². The van der Waals surface area contributed by atoms with Gasteiger partial charge >= 0.3 is 0 Å². The third-order valence-electron chi connectivity index (χ3n) is 6.66. The monoisotopic (exact) mass is 437 g/mol. The summed E-state index contributed by atoms with van der Waals surface area (Å²) in [5, 5.41) is 4.04. The second-order valence-electron chi connectivity index (χ2n) is 9.03. The normalized spacial score (nSPS) is 15.5. The number of carbonyl (C=O) groups is 1. The van der Waals surface area contributed by atoms with Crippen molar-refractivity contribution in [2.75, 3.05) is 11.4 Å². The maximum atomic E-state index is 13.0. The van der Waals surface area contributed by atoms with Crippen LogP contribution in [0.3, 0.4) is 0 Å². The fourth-order valence-corrected chi connectivity index (χ4v) is 4.65. The number of hydrogen-bond acceptors (Lipinski definition) is 4. The van der Waals surface area contributed by atoms with E-state index in [-0.39, 0.29) is 5.91 Å². The van der Waals surface area contributed by atoms with Gasteiger partial charge in [-0.1, -0.05) is 48.5 Å². The second-order valence-corrected chi connectivity index (χ2v) is 9.03. The maximum absolute atomic E-state index is 13.0. The highest BCUT2D eigenvalue weighted by atomic mass is 16.1. The lowest BCUT2D eigenvalue weighted by atomic mass is 10.1. The molecule has 0 radical (unpaired) electrons. The van der Waals surface area contributed by atoms with Gasteiger partial charge in [0.1, 0.15) is 5.82 Å². The van der Waals surface area contributed by atoms with Crippen molar-refractivity contribution in [2.24, 2.45) is 0 Å². The molecule has 166 valence electrons. The number of para-hydroxylation sites is 1. The summed E-state index contributed by atoms with van der Waals surface area (Å²) in [6.07, 6.45) is 6.04. The third kappa shape index (κ3) is 4.09. The van der Waals surface area contributed by atoms with Crippen LogP contribution in [0.25, 0.3) is 10.9 Å². The highest BCUT2D eigenvalue weighted by Crippen LogP contribution is 2.28. The standard InChI is InChI=1S/C27H27N5O/c33-27(29-20-10-11-20)22-16-26(30-23-9-5-4-8-21(22)23)31-15-13-25-24(17-31)28-18-32(25)14-12-19-6-2-1-3-7-19/h1-9,16,18,20H,10-15,17H2,(H,29,33). The second kappa shape index (κ2) is 8.35. The highest BCUT2D eigenvalue weighted by Gasteiger charge is 2.27. The molecule has 1 aliphatic carbocycles. The van der Waals surface area contributed by atoms with Gasteiger partial charge in [0.25, 0.3) is 5.91 Å². The van der Waals surface area contributed by atoms with Crippen molar-refractivity contribution in [1.29, 1.82) is 0 Å². The number of hydrogen-bond donors (Lipinski definition) is 1. The summed E-state index contributed by atoms with van der Waals surface area (Å²) in [7, 11) is 0. The number of pyridine rings is 1. The summed E-state index contributed by atoms with van der Waals surface area (Å²) in [6, 6.07) is 20.8. The molecule has 6 heteroatoms. The molecule has 2 aromatic heterocycles. The summed E-state index contributed by atoms with van der Waals surface area (Å²) >= 11 is 0. The summed E-state index contributed by atoms with van der Waals surface area (Å²) in [6.45, 7) is 2.51. The van der Waals surface area contributed by atoms with E-state index in [1.165, 1.54) is 11.3 Å². The van der Waals surface area contributed by atoms with Gasteiger partial charge in [-0.3, -0.25) is 4.79 Å².